The summed E-state index contributed by atoms with van der Waals surface area (Å²) in [4.78, 5) is -0.161. The molecule has 124 valence electrons. The predicted octanol–water partition coefficient (Wildman–Crippen LogP) is 0.0811. The number of hydrogen-bond donors (Lipinski definition) is 1. The highest BCUT2D eigenvalue weighted by Crippen LogP contribution is 2.31. The van der Waals surface area contributed by atoms with E-state index in [-0.39, 0.29) is 21.6 Å². The van der Waals surface area contributed by atoms with Gasteiger partial charge in [0.1, 0.15) is 10.6 Å². The molecule has 0 aromatic heterocycles. The second kappa shape index (κ2) is 6.15. The molecule has 1 atom stereocenters. The first kappa shape index (κ1) is 17.2. The fraction of sp³-hybridized carbons (Fsp3) is 0.538. The second-order valence-corrected chi connectivity index (χ2v) is 9.14. The first-order valence-corrected chi connectivity index (χ1v) is 10.1. The molecule has 1 N–H and O–H groups in total. The van der Waals surface area contributed by atoms with Crippen molar-refractivity contribution in [1.82, 2.24) is 9.62 Å². The number of ether oxygens (including phenoxy) is 1. The zero-order valence-corrected chi connectivity index (χ0v) is 14.4. The van der Waals surface area contributed by atoms with Crippen molar-refractivity contribution in [2.24, 2.45) is 0 Å². The molecule has 0 aliphatic carbocycles. The van der Waals surface area contributed by atoms with Crippen LogP contribution >= 0.6 is 0 Å². The minimum absolute atomic E-state index is 0.0451. The van der Waals surface area contributed by atoms with E-state index in [0.717, 1.165) is 12.3 Å². The molecule has 0 radical (unpaired) electrons. The van der Waals surface area contributed by atoms with Crippen LogP contribution in [0.1, 0.15) is 6.42 Å². The standard InChI is InChI=1S/C13H20N2O5S2/c1-14-10-6-7-15(9-10)22(18,19)13-8-11(21(3,16)17)4-5-12(13)20-2/h4-5,8,10,14H,6-7,9H2,1-3H3. The van der Waals surface area contributed by atoms with E-state index in [2.05, 4.69) is 5.32 Å². The first-order chi connectivity index (χ1) is 10.2. The number of rotatable bonds is 5. The van der Waals surface area contributed by atoms with Gasteiger partial charge in [0.25, 0.3) is 0 Å². The Morgan fingerprint density at radius 1 is 1.27 bits per heavy atom. The quantitative estimate of drug-likeness (QED) is 0.810. The van der Waals surface area contributed by atoms with Crippen LogP contribution in [0.5, 0.6) is 5.75 Å². The summed E-state index contributed by atoms with van der Waals surface area (Å²) in [5.74, 6) is 0.139. The Labute approximate surface area is 131 Å². The lowest BCUT2D eigenvalue weighted by atomic mass is 10.3. The molecule has 1 aliphatic rings. The molecule has 1 fully saturated rings. The van der Waals surface area contributed by atoms with Gasteiger partial charge >= 0.3 is 0 Å². The van der Waals surface area contributed by atoms with E-state index in [1.807, 2.05) is 0 Å². The highest BCUT2D eigenvalue weighted by atomic mass is 32.2. The van der Waals surface area contributed by atoms with Crippen LogP contribution < -0.4 is 10.1 Å². The third-order valence-electron chi connectivity index (χ3n) is 3.74. The molecule has 7 nitrogen and oxygen atoms in total. The summed E-state index contributed by atoms with van der Waals surface area (Å²) in [6, 6.07) is 3.97. The molecule has 0 spiro atoms. The number of sulfone groups is 1. The predicted molar refractivity (Wildman–Crippen MR) is 82.3 cm³/mol. The number of likely N-dealkylation sites (N-methyl/N-ethyl adjacent to an activating group) is 1. The molecule has 9 heteroatoms. The fourth-order valence-electron chi connectivity index (χ4n) is 2.41. The maximum Gasteiger partial charge on any atom is 0.246 e. The molecule has 22 heavy (non-hydrogen) atoms. The van der Waals surface area contributed by atoms with Crippen LogP contribution in [0.25, 0.3) is 0 Å². The van der Waals surface area contributed by atoms with E-state index in [1.165, 1.54) is 23.5 Å². The van der Waals surface area contributed by atoms with E-state index in [4.69, 9.17) is 4.74 Å². The van der Waals surface area contributed by atoms with E-state index < -0.39 is 19.9 Å². The largest absolute Gasteiger partial charge is 0.495 e. The number of hydrogen-bond acceptors (Lipinski definition) is 6. The molecule has 0 bridgehead atoms. The monoisotopic (exact) mass is 348 g/mol. The van der Waals surface area contributed by atoms with Gasteiger partial charge < -0.3 is 10.1 Å². The lowest BCUT2D eigenvalue weighted by Gasteiger charge is -2.19. The highest BCUT2D eigenvalue weighted by Gasteiger charge is 2.34. The van der Waals surface area contributed by atoms with Gasteiger partial charge in [0.15, 0.2) is 9.84 Å². The highest BCUT2D eigenvalue weighted by molar-refractivity contribution is 7.91. The van der Waals surface area contributed by atoms with Crippen molar-refractivity contribution in [2.45, 2.75) is 22.3 Å². The van der Waals surface area contributed by atoms with Gasteiger partial charge in [-0.3, -0.25) is 0 Å². The van der Waals surface area contributed by atoms with Crippen LogP contribution in [-0.4, -0.2) is 60.7 Å². The lowest BCUT2D eigenvalue weighted by molar-refractivity contribution is 0.397. The van der Waals surface area contributed by atoms with E-state index in [9.17, 15) is 16.8 Å². The minimum Gasteiger partial charge on any atom is -0.495 e. The van der Waals surface area contributed by atoms with Gasteiger partial charge in [0.05, 0.1) is 12.0 Å². The molecule has 1 saturated heterocycles. The smallest absolute Gasteiger partial charge is 0.246 e. The molecular formula is C13H20N2O5S2. The maximum atomic E-state index is 12.8. The van der Waals surface area contributed by atoms with Gasteiger partial charge in [-0.05, 0) is 31.7 Å². The van der Waals surface area contributed by atoms with Gasteiger partial charge in [-0.15, -0.1) is 0 Å². The number of benzene rings is 1. The van der Waals surface area contributed by atoms with Crippen molar-refractivity contribution in [3.63, 3.8) is 0 Å². The van der Waals surface area contributed by atoms with Gasteiger partial charge in [0.2, 0.25) is 10.0 Å². The third-order valence-corrected chi connectivity index (χ3v) is 6.74. The fourth-order valence-corrected chi connectivity index (χ4v) is 4.81. The Bertz CT molecular complexity index is 759. The topological polar surface area (TPSA) is 92.8 Å². The van der Waals surface area contributed by atoms with Crippen LogP contribution in [0.15, 0.2) is 28.0 Å². The number of sulfonamides is 1. The zero-order chi connectivity index (χ0) is 16.5. The molecule has 1 heterocycles. The molecule has 2 rings (SSSR count). The van der Waals surface area contributed by atoms with Crippen LogP contribution in [0.4, 0.5) is 0 Å². The summed E-state index contributed by atoms with van der Waals surface area (Å²) < 4.78 is 55.3. The van der Waals surface area contributed by atoms with Gasteiger partial charge in [-0.25, -0.2) is 16.8 Å². The van der Waals surface area contributed by atoms with E-state index in [1.54, 1.807) is 7.05 Å². The molecule has 1 aromatic carbocycles. The normalized spacial score (nSPS) is 20.2. The van der Waals surface area contributed by atoms with Crippen molar-refractivity contribution in [3.05, 3.63) is 18.2 Å². The Morgan fingerprint density at radius 3 is 2.45 bits per heavy atom. The third kappa shape index (κ3) is 3.27. The van der Waals surface area contributed by atoms with Crippen molar-refractivity contribution >= 4 is 19.9 Å². The first-order valence-electron chi connectivity index (χ1n) is 6.75. The molecule has 1 aliphatic heterocycles. The molecular weight excluding hydrogens is 328 g/mol. The van der Waals surface area contributed by atoms with Crippen molar-refractivity contribution in [3.8, 4) is 5.75 Å². The van der Waals surface area contributed by atoms with Crippen LogP contribution in [0.2, 0.25) is 0 Å². The van der Waals surface area contributed by atoms with Crippen molar-refractivity contribution in [1.29, 1.82) is 0 Å². The summed E-state index contributed by atoms with van der Waals surface area (Å²) in [6.07, 6.45) is 1.75. The SMILES string of the molecule is CNC1CCN(S(=O)(=O)c2cc(S(C)(=O)=O)ccc2OC)C1. The summed E-state index contributed by atoms with van der Waals surface area (Å²) in [7, 11) is -4.16. The zero-order valence-electron chi connectivity index (χ0n) is 12.7. The average Bonchev–Trinajstić information content (AvgIpc) is 2.95. The molecule has 1 aromatic rings. The summed E-state index contributed by atoms with van der Waals surface area (Å²) in [5.41, 5.74) is 0. The number of nitrogens with zero attached hydrogens (tertiary/aromatic N) is 1. The Balaban J connectivity index is 2.50. The Morgan fingerprint density at radius 2 is 1.95 bits per heavy atom. The molecule has 0 amide bonds. The second-order valence-electron chi connectivity index (χ2n) is 5.22. The number of methoxy groups -OCH3 is 1. The summed E-state index contributed by atoms with van der Waals surface area (Å²) in [5, 5.41) is 3.05. The van der Waals surface area contributed by atoms with Crippen molar-refractivity contribution < 1.29 is 21.6 Å². The van der Waals surface area contributed by atoms with E-state index >= 15 is 0 Å². The summed E-state index contributed by atoms with van der Waals surface area (Å²) >= 11 is 0. The van der Waals surface area contributed by atoms with Gasteiger partial charge in [-0.2, -0.15) is 4.31 Å². The minimum atomic E-state index is -3.80. The van der Waals surface area contributed by atoms with Gasteiger partial charge in [0, 0.05) is 25.4 Å². The Kier molecular flexibility index (Phi) is 4.81. The van der Waals surface area contributed by atoms with Crippen LogP contribution in [0.3, 0.4) is 0 Å². The maximum absolute atomic E-state index is 12.8. The van der Waals surface area contributed by atoms with Crippen molar-refractivity contribution in [2.75, 3.05) is 33.5 Å². The lowest BCUT2D eigenvalue weighted by Crippen LogP contribution is -2.33. The Hall–Kier alpha value is -1.16. The summed E-state index contributed by atoms with van der Waals surface area (Å²) in [6.45, 7) is 0.741. The average molecular weight is 348 g/mol. The van der Waals surface area contributed by atoms with E-state index in [0.29, 0.717) is 19.5 Å². The van der Waals surface area contributed by atoms with Crippen LogP contribution in [-0.2, 0) is 19.9 Å². The van der Waals surface area contributed by atoms with Gasteiger partial charge in [-0.1, -0.05) is 0 Å². The molecule has 0 saturated carbocycles. The van der Waals surface area contributed by atoms with Crippen LogP contribution in [0, 0.1) is 0 Å². The number of nitrogens with one attached hydrogen (secondary N) is 1. The molecule has 1 unspecified atom stereocenters.